The Kier molecular flexibility index (Phi) is 4.53. The number of carbonyl (C=O) groups is 1. The maximum Gasteiger partial charge on any atom is 0.243 e. The molecule has 2 aromatic carbocycles. The molecule has 6 heteroatoms. The molecule has 0 heterocycles. The molecule has 0 atom stereocenters. The number of benzene rings is 2. The maximum atomic E-state index is 13.3. The number of rotatable bonds is 4. The lowest BCUT2D eigenvalue weighted by Crippen LogP contribution is -2.22. The molecule has 104 valence electrons. The SMILES string of the molecule is O=C(CNc1ccc(F)cc1F)Nc1cccc(Cl)c1. The number of nitrogens with one attached hydrogen (secondary N) is 2. The van der Waals surface area contributed by atoms with Crippen molar-refractivity contribution in [2.45, 2.75) is 0 Å². The van der Waals surface area contributed by atoms with E-state index in [4.69, 9.17) is 11.6 Å². The van der Waals surface area contributed by atoms with Crippen LogP contribution in [0.5, 0.6) is 0 Å². The van der Waals surface area contributed by atoms with Gasteiger partial charge in [-0.05, 0) is 30.3 Å². The van der Waals surface area contributed by atoms with Crippen molar-refractivity contribution < 1.29 is 13.6 Å². The average Bonchev–Trinajstić information content (AvgIpc) is 2.37. The minimum atomic E-state index is -0.749. The quantitative estimate of drug-likeness (QED) is 0.904. The van der Waals surface area contributed by atoms with E-state index in [-0.39, 0.29) is 18.1 Å². The molecule has 0 aliphatic carbocycles. The van der Waals surface area contributed by atoms with Gasteiger partial charge >= 0.3 is 0 Å². The molecule has 3 nitrogen and oxygen atoms in total. The summed E-state index contributed by atoms with van der Waals surface area (Å²) in [6, 6.07) is 9.75. The Labute approximate surface area is 119 Å². The van der Waals surface area contributed by atoms with Crippen LogP contribution in [0.1, 0.15) is 0 Å². The molecule has 0 aliphatic heterocycles. The van der Waals surface area contributed by atoms with Gasteiger partial charge in [-0.1, -0.05) is 17.7 Å². The fourth-order valence-corrected chi connectivity index (χ4v) is 1.77. The molecule has 2 aromatic rings. The highest BCUT2D eigenvalue weighted by atomic mass is 35.5. The van der Waals surface area contributed by atoms with Crippen LogP contribution in [0.3, 0.4) is 0 Å². The summed E-state index contributed by atoms with van der Waals surface area (Å²) < 4.78 is 26.0. The van der Waals surface area contributed by atoms with Crippen LogP contribution in [0.4, 0.5) is 20.2 Å². The van der Waals surface area contributed by atoms with Crippen LogP contribution in [0, 0.1) is 11.6 Å². The van der Waals surface area contributed by atoms with Crippen molar-refractivity contribution in [3.63, 3.8) is 0 Å². The van der Waals surface area contributed by atoms with E-state index in [1.165, 1.54) is 6.07 Å². The molecule has 0 fully saturated rings. The largest absolute Gasteiger partial charge is 0.374 e. The Morgan fingerprint density at radius 3 is 2.65 bits per heavy atom. The molecule has 0 spiro atoms. The van der Waals surface area contributed by atoms with E-state index in [2.05, 4.69) is 10.6 Å². The molecular weight excluding hydrogens is 286 g/mol. The number of carbonyl (C=O) groups excluding carboxylic acids is 1. The van der Waals surface area contributed by atoms with E-state index in [9.17, 15) is 13.6 Å². The van der Waals surface area contributed by atoms with Gasteiger partial charge in [0.15, 0.2) is 0 Å². The Hall–Kier alpha value is -2.14. The fourth-order valence-electron chi connectivity index (χ4n) is 1.58. The van der Waals surface area contributed by atoms with Crippen LogP contribution in [0.2, 0.25) is 5.02 Å². The van der Waals surface area contributed by atoms with E-state index in [1.807, 2.05) is 0 Å². The topological polar surface area (TPSA) is 41.1 Å². The second-order valence-electron chi connectivity index (χ2n) is 4.04. The molecule has 0 bridgehead atoms. The molecule has 0 radical (unpaired) electrons. The van der Waals surface area contributed by atoms with E-state index in [1.54, 1.807) is 24.3 Å². The normalized spacial score (nSPS) is 10.2. The number of anilines is 2. The zero-order chi connectivity index (χ0) is 14.5. The second kappa shape index (κ2) is 6.34. The Balaban J connectivity index is 1.92. The minimum Gasteiger partial charge on any atom is -0.374 e. The average molecular weight is 297 g/mol. The Morgan fingerprint density at radius 1 is 1.15 bits per heavy atom. The predicted octanol–water partition coefficient (Wildman–Crippen LogP) is 3.67. The fraction of sp³-hybridized carbons (Fsp3) is 0.0714. The highest BCUT2D eigenvalue weighted by molar-refractivity contribution is 6.30. The smallest absolute Gasteiger partial charge is 0.243 e. The summed E-state index contributed by atoms with van der Waals surface area (Å²) in [5, 5.41) is 5.69. The number of halogens is 3. The molecule has 0 saturated carbocycles. The first-order valence-electron chi connectivity index (χ1n) is 5.79. The van der Waals surface area contributed by atoms with Crippen LogP contribution >= 0.6 is 11.6 Å². The molecule has 20 heavy (non-hydrogen) atoms. The van der Waals surface area contributed by atoms with Gasteiger partial charge < -0.3 is 10.6 Å². The van der Waals surface area contributed by atoms with Crippen LogP contribution in [-0.2, 0) is 4.79 Å². The maximum absolute atomic E-state index is 13.3. The summed E-state index contributed by atoms with van der Waals surface area (Å²) in [6.45, 7) is -0.144. The molecule has 1 amide bonds. The van der Waals surface area contributed by atoms with E-state index >= 15 is 0 Å². The third kappa shape index (κ3) is 3.93. The highest BCUT2D eigenvalue weighted by Crippen LogP contribution is 2.16. The monoisotopic (exact) mass is 296 g/mol. The first kappa shape index (κ1) is 14.3. The van der Waals surface area contributed by atoms with E-state index < -0.39 is 11.6 Å². The third-order valence-corrected chi connectivity index (χ3v) is 2.71. The zero-order valence-corrected chi connectivity index (χ0v) is 11.0. The molecule has 0 aromatic heterocycles. The highest BCUT2D eigenvalue weighted by Gasteiger charge is 2.06. The van der Waals surface area contributed by atoms with Crippen molar-refractivity contribution in [3.05, 3.63) is 59.1 Å². The van der Waals surface area contributed by atoms with Crippen LogP contribution in [-0.4, -0.2) is 12.5 Å². The van der Waals surface area contributed by atoms with Crippen LogP contribution in [0.25, 0.3) is 0 Å². The van der Waals surface area contributed by atoms with Gasteiger partial charge in [0.2, 0.25) is 5.91 Å². The summed E-state index contributed by atoms with van der Waals surface area (Å²) in [5.74, 6) is -1.78. The number of hydrogen-bond acceptors (Lipinski definition) is 2. The summed E-state index contributed by atoms with van der Waals surface area (Å²) in [4.78, 5) is 11.7. The van der Waals surface area contributed by atoms with Crippen LogP contribution in [0.15, 0.2) is 42.5 Å². The summed E-state index contributed by atoms with van der Waals surface area (Å²) in [5.41, 5.74) is 0.608. The van der Waals surface area contributed by atoms with E-state index in [0.717, 1.165) is 12.1 Å². The lowest BCUT2D eigenvalue weighted by molar-refractivity contribution is -0.114. The first-order chi connectivity index (χ1) is 9.54. The Morgan fingerprint density at radius 2 is 1.95 bits per heavy atom. The molecular formula is C14H11ClF2N2O. The van der Waals surface area contributed by atoms with Gasteiger partial charge in [-0.3, -0.25) is 4.79 Å². The van der Waals surface area contributed by atoms with Gasteiger partial charge in [0.25, 0.3) is 0 Å². The van der Waals surface area contributed by atoms with Gasteiger partial charge in [-0.25, -0.2) is 8.78 Å². The molecule has 0 saturated heterocycles. The van der Waals surface area contributed by atoms with Crippen molar-refractivity contribution in [1.82, 2.24) is 0 Å². The van der Waals surface area contributed by atoms with Gasteiger partial charge in [0.1, 0.15) is 11.6 Å². The minimum absolute atomic E-state index is 0.0626. The summed E-state index contributed by atoms with van der Waals surface area (Å²) in [6.07, 6.45) is 0. The lowest BCUT2D eigenvalue weighted by Gasteiger charge is -2.08. The Bertz CT molecular complexity index is 634. The van der Waals surface area contributed by atoms with Gasteiger partial charge in [0, 0.05) is 16.8 Å². The van der Waals surface area contributed by atoms with Gasteiger partial charge in [-0.2, -0.15) is 0 Å². The predicted molar refractivity (Wildman–Crippen MR) is 74.9 cm³/mol. The molecule has 2 rings (SSSR count). The third-order valence-electron chi connectivity index (χ3n) is 2.48. The number of amides is 1. The van der Waals surface area contributed by atoms with Crippen molar-refractivity contribution >= 4 is 28.9 Å². The standard InChI is InChI=1S/C14H11ClF2N2O/c15-9-2-1-3-11(6-9)19-14(20)8-18-13-5-4-10(16)7-12(13)17/h1-7,18H,8H2,(H,19,20). The molecule has 0 aliphatic rings. The van der Waals surface area contributed by atoms with Crippen molar-refractivity contribution in [2.24, 2.45) is 0 Å². The molecule has 2 N–H and O–H groups in total. The van der Waals surface area contributed by atoms with Crippen molar-refractivity contribution in [1.29, 1.82) is 0 Å². The zero-order valence-electron chi connectivity index (χ0n) is 10.3. The summed E-state index contributed by atoms with van der Waals surface area (Å²) in [7, 11) is 0. The second-order valence-corrected chi connectivity index (χ2v) is 4.47. The first-order valence-corrected chi connectivity index (χ1v) is 6.17. The number of hydrogen-bond donors (Lipinski definition) is 2. The van der Waals surface area contributed by atoms with E-state index in [0.29, 0.717) is 10.7 Å². The van der Waals surface area contributed by atoms with Crippen molar-refractivity contribution in [3.8, 4) is 0 Å². The van der Waals surface area contributed by atoms with Gasteiger partial charge in [0.05, 0.1) is 12.2 Å². The summed E-state index contributed by atoms with van der Waals surface area (Å²) >= 11 is 5.78. The lowest BCUT2D eigenvalue weighted by atomic mass is 10.3. The van der Waals surface area contributed by atoms with Crippen molar-refractivity contribution in [2.75, 3.05) is 17.2 Å². The van der Waals surface area contributed by atoms with Crippen LogP contribution < -0.4 is 10.6 Å². The molecule has 0 unspecified atom stereocenters. The van der Waals surface area contributed by atoms with Gasteiger partial charge in [-0.15, -0.1) is 0 Å².